The molecule has 0 amide bonds. The average molecular weight is 1280 g/mol. The van der Waals surface area contributed by atoms with Gasteiger partial charge in [-0.05, 0) is 136 Å². The third kappa shape index (κ3) is 11.7. The van der Waals surface area contributed by atoms with Gasteiger partial charge in [0.25, 0.3) is 0 Å². The molecule has 100 heavy (non-hydrogen) atoms. The molecule has 10 aromatic carbocycles. The van der Waals surface area contributed by atoms with Crippen LogP contribution in [0.25, 0.3) is 189 Å². The van der Waals surface area contributed by atoms with Crippen LogP contribution in [0, 0.1) is 0 Å². The Morgan fingerprint density at radius 2 is 0.510 bits per heavy atom. The van der Waals surface area contributed by atoms with Gasteiger partial charge in [0.15, 0.2) is 17.5 Å². The molecule has 0 unspecified atom stereocenters. The van der Waals surface area contributed by atoms with Crippen molar-refractivity contribution >= 4 is 76.2 Å². The monoisotopic (exact) mass is 1280 g/mol. The molecule has 0 atom stereocenters. The fourth-order valence-corrected chi connectivity index (χ4v) is 13.0. The van der Waals surface area contributed by atoms with Crippen molar-refractivity contribution in [2.24, 2.45) is 0 Å². The topological polar surface area (TPSA) is 155 Å². The van der Waals surface area contributed by atoms with Gasteiger partial charge < -0.3 is 0 Å². The number of hydrogen-bond donors (Lipinski definition) is 0. The van der Waals surface area contributed by atoms with Crippen molar-refractivity contribution in [3.05, 3.63) is 328 Å². The molecule has 0 aliphatic rings. The molecule has 0 spiro atoms. The number of aromatic nitrogens is 12. The summed E-state index contributed by atoms with van der Waals surface area (Å²) in [5.74, 6) is 1.94. The van der Waals surface area contributed by atoms with Crippen LogP contribution in [0.4, 0.5) is 0 Å². The summed E-state index contributed by atoms with van der Waals surface area (Å²) in [6, 6.07) is 102. The summed E-state index contributed by atoms with van der Waals surface area (Å²) in [5, 5.41) is 8.79. The molecule has 0 bridgehead atoms. The molecule has 0 saturated carbocycles. The van der Waals surface area contributed by atoms with Crippen molar-refractivity contribution < 1.29 is 0 Å². The second-order valence-electron chi connectivity index (χ2n) is 24.5. The van der Waals surface area contributed by atoms with E-state index in [4.69, 9.17) is 34.9 Å². The maximum atomic E-state index is 5.06. The average Bonchev–Trinajstić information content (AvgIpc) is 0.785. The maximum Gasteiger partial charge on any atom is 0.178 e. The van der Waals surface area contributed by atoms with Crippen molar-refractivity contribution in [1.82, 2.24) is 59.8 Å². The summed E-state index contributed by atoms with van der Waals surface area (Å²) >= 11 is 0. The second kappa shape index (κ2) is 25.4. The Hall–Kier alpha value is -13.8. The Bertz CT molecular complexity index is 6280. The van der Waals surface area contributed by atoms with Gasteiger partial charge in [-0.1, -0.05) is 194 Å². The van der Waals surface area contributed by atoms with Crippen LogP contribution in [0.2, 0.25) is 0 Å². The fraction of sp³-hybridized carbons (Fsp3) is 0. The van der Waals surface area contributed by atoms with E-state index in [2.05, 4.69) is 243 Å². The number of rotatable bonds is 10. The third-order valence-electron chi connectivity index (χ3n) is 18.2. The van der Waals surface area contributed by atoms with E-state index < -0.39 is 0 Å². The van der Waals surface area contributed by atoms with Crippen molar-refractivity contribution in [2.75, 3.05) is 0 Å². The van der Waals surface area contributed by atoms with Crippen molar-refractivity contribution in [1.29, 1.82) is 0 Å². The van der Waals surface area contributed by atoms with Gasteiger partial charge in [-0.3, -0.25) is 4.98 Å². The maximum absolute atomic E-state index is 5.06. The van der Waals surface area contributed by atoms with Gasteiger partial charge in [-0.15, -0.1) is 0 Å². The molecule has 19 rings (SSSR count). The predicted molar refractivity (Wildman–Crippen MR) is 403 cm³/mol. The van der Waals surface area contributed by atoms with Crippen LogP contribution in [0.1, 0.15) is 0 Å². The van der Waals surface area contributed by atoms with Crippen LogP contribution in [0.15, 0.2) is 328 Å². The molecule has 0 aliphatic carbocycles. The van der Waals surface area contributed by atoms with Crippen LogP contribution in [0.3, 0.4) is 0 Å². The van der Waals surface area contributed by atoms with Crippen molar-refractivity contribution in [2.45, 2.75) is 0 Å². The smallest absolute Gasteiger partial charge is 0.178 e. The Kier molecular flexibility index (Phi) is 14.9. The van der Waals surface area contributed by atoms with Gasteiger partial charge in [0.1, 0.15) is 11.4 Å². The SMILES string of the molecule is c1ccc(-c2cc(-c3ccc(-c4ccc5cc(-c6ccc7ccc(-c8ncccn8)nc7c6)ccc5n4)cc3)nc(-c3ccccc3)n2)cc1.c1cnc(-c2ccc3ccc(-c4ccc5nc(-c6ccc7cc(-c8ccc9ccc%10cccnc%10c9n8)ccc7c6)ccc5c4)cc3n2)nc1. The van der Waals surface area contributed by atoms with Gasteiger partial charge in [-0.2, -0.15) is 0 Å². The number of hydrogen-bond acceptors (Lipinski definition) is 12. The van der Waals surface area contributed by atoms with E-state index in [-0.39, 0.29) is 0 Å². The lowest BCUT2D eigenvalue weighted by atomic mass is 9.99. The van der Waals surface area contributed by atoms with Gasteiger partial charge in [0.2, 0.25) is 0 Å². The molecule has 0 saturated heterocycles. The molecule has 0 radical (unpaired) electrons. The summed E-state index contributed by atoms with van der Waals surface area (Å²) in [7, 11) is 0. The summed E-state index contributed by atoms with van der Waals surface area (Å²) in [6.07, 6.45) is 8.76. The highest BCUT2D eigenvalue weighted by Gasteiger charge is 2.15. The van der Waals surface area contributed by atoms with E-state index in [1.165, 1.54) is 0 Å². The lowest BCUT2D eigenvalue weighted by Gasteiger charge is -2.10. The number of benzene rings is 10. The molecule has 0 aliphatic heterocycles. The standard InChI is InChI=1S/C44H26N6.C44H28N6/c1-3-28-5-6-29-13-16-39(50-43(29)42(28)45-20-1)35-11-9-30-23-34(10-8-31(30)24-35)38-18-15-36-25-32(14-17-37(36)48-38)33-7-4-27-12-19-40(49-41(27)26-33)44-46-21-2-22-47-44;1-3-8-29(9-4-1)41-28-42(50-43(49-41)33-10-5-2-6-11-33)31-14-12-30(13-15-31)37-22-20-36-26-34(19-21-38(36)47-37)35-17-16-32-18-23-39(48-40(32)27-35)44-45-24-7-25-46-44/h1-26H;1-28H. The minimum absolute atomic E-state index is 0.616. The Morgan fingerprint density at radius 3 is 1.06 bits per heavy atom. The first-order valence-electron chi connectivity index (χ1n) is 32.9. The van der Waals surface area contributed by atoms with Crippen LogP contribution in [-0.4, -0.2) is 59.8 Å². The molecule has 466 valence electrons. The highest BCUT2D eigenvalue weighted by atomic mass is 14.9. The number of pyridine rings is 6. The van der Waals surface area contributed by atoms with Crippen LogP contribution in [0.5, 0.6) is 0 Å². The third-order valence-corrected chi connectivity index (χ3v) is 18.2. The minimum Gasteiger partial charge on any atom is -0.254 e. The van der Waals surface area contributed by atoms with E-state index in [9.17, 15) is 0 Å². The lowest BCUT2D eigenvalue weighted by molar-refractivity contribution is 1.15. The van der Waals surface area contributed by atoms with Gasteiger partial charge >= 0.3 is 0 Å². The zero-order valence-corrected chi connectivity index (χ0v) is 53.5. The Balaban J connectivity index is 0.000000144. The van der Waals surface area contributed by atoms with E-state index in [0.29, 0.717) is 17.5 Å². The van der Waals surface area contributed by atoms with E-state index in [1.807, 2.05) is 79.0 Å². The molecule has 12 nitrogen and oxygen atoms in total. The molecule has 9 heterocycles. The predicted octanol–water partition coefficient (Wildman–Crippen LogP) is 20.9. The quantitative estimate of drug-likeness (QED) is 0.120. The number of nitrogens with zero attached hydrogens (tertiary/aromatic N) is 12. The van der Waals surface area contributed by atoms with Crippen LogP contribution < -0.4 is 0 Å². The Labute approximate surface area is 573 Å². The minimum atomic E-state index is 0.616. The first-order valence-corrected chi connectivity index (χ1v) is 32.9. The normalized spacial score (nSPS) is 11.4. The first-order chi connectivity index (χ1) is 49.4. The van der Waals surface area contributed by atoms with Crippen molar-refractivity contribution in [3.8, 4) is 113 Å². The summed E-state index contributed by atoms with van der Waals surface area (Å²) in [4.78, 5) is 56.8. The molecular formula is C88H54N12. The first kappa shape index (κ1) is 58.7. The zero-order valence-electron chi connectivity index (χ0n) is 53.5. The molecule has 12 heteroatoms. The summed E-state index contributed by atoms with van der Waals surface area (Å²) in [5.41, 5.74) is 22.3. The molecule has 9 aromatic heterocycles. The van der Waals surface area contributed by atoms with E-state index in [0.717, 1.165) is 172 Å². The van der Waals surface area contributed by atoms with Gasteiger partial charge in [0.05, 0.1) is 61.6 Å². The van der Waals surface area contributed by atoms with E-state index >= 15 is 0 Å². The van der Waals surface area contributed by atoms with E-state index in [1.54, 1.807) is 30.9 Å². The largest absolute Gasteiger partial charge is 0.254 e. The van der Waals surface area contributed by atoms with Crippen molar-refractivity contribution in [3.63, 3.8) is 0 Å². The second-order valence-corrected chi connectivity index (χ2v) is 24.5. The highest BCUT2D eigenvalue weighted by Crippen LogP contribution is 2.36. The van der Waals surface area contributed by atoms with Crippen LogP contribution in [-0.2, 0) is 0 Å². The number of fused-ring (bicyclic) bond motifs is 8. The Morgan fingerprint density at radius 1 is 0.150 bits per heavy atom. The summed E-state index contributed by atoms with van der Waals surface area (Å²) in [6.45, 7) is 0. The molecule has 19 aromatic rings. The highest BCUT2D eigenvalue weighted by molar-refractivity contribution is 6.04. The molecular weight excluding hydrogens is 1230 g/mol. The summed E-state index contributed by atoms with van der Waals surface area (Å²) < 4.78 is 0. The lowest BCUT2D eigenvalue weighted by Crippen LogP contribution is -1.96. The molecule has 0 fully saturated rings. The molecule has 0 N–H and O–H groups in total. The van der Waals surface area contributed by atoms with Gasteiger partial charge in [-0.25, -0.2) is 54.8 Å². The fourth-order valence-electron chi connectivity index (χ4n) is 13.0. The van der Waals surface area contributed by atoms with Gasteiger partial charge in [0, 0.05) is 96.7 Å². The zero-order chi connectivity index (χ0) is 66.3. The van der Waals surface area contributed by atoms with Crippen LogP contribution >= 0.6 is 0 Å².